The Balaban J connectivity index is 0.000000121. The summed E-state index contributed by atoms with van der Waals surface area (Å²) in [7, 11) is 0. The average Bonchev–Trinajstić information content (AvgIpc) is 2.56. The van der Waals surface area contributed by atoms with E-state index < -0.39 is 0 Å². The van der Waals surface area contributed by atoms with E-state index in [0.29, 0.717) is 0 Å². The van der Waals surface area contributed by atoms with Crippen LogP contribution in [0.15, 0.2) is 60.9 Å². The fourth-order valence-corrected chi connectivity index (χ4v) is 2.55. The first-order valence-electron chi connectivity index (χ1n) is 7.16. The van der Waals surface area contributed by atoms with Crippen molar-refractivity contribution in [3.8, 4) is 0 Å². The molecule has 0 atom stereocenters. The normalized spacial score (nSPS) is 13.2. The SMILES string of the molecule is c1ccc2ncccc2c1.c1cnc2c(c1)CCCC2. The quantitative estimate of drug-likeness (QED) is 0.607. The van der Waals surface area contributed by atoms with Crippen molar-refractivity contribution < 1.29 is 0 Å². The van der Waals surface area contributed by atoms with E-state index in [2.05, 4.69) is 28.2 Å². The fraction of sp³-hybridized carbons (Fsp3) is 0.222. The van der Waals surface area contributed by atoms with Crippen LogP contribution in [0.3, 0.4) is 0 Å². The van der Waals surface area contributed by atoms with Crippen LogP contribution in [0.2, 0.25) is 0 Å². The molecule has 2 heteroatoms. The summed E-state index contributed by atoms with van der Waals surface area (Å²) in [5.74, 6) is 0. The third-order valence-corrected chi connectivity index (χ3v) is 3.61. The molecule has 0 fully saturated rings. The van der Waals surface area contributed by atoms with Crippen LogP contribution in [0.4, 0.5) is 0 Å². The molecule has 1 aliphatic carbocycles. The van der Waals surface area contributed by atoms with Crippen LogP contribution >= 0.6 is 0 Å². The lowest BCUT2D eigenvalue weighted by atomic mass is 9.96. The Kier molecular flexibility index (Phi) is 4.02. The van der Waals surface area contributed by atoms with E-state index in [1.807, 2.05) is 42.7 Å². The smallest absolute Gasteiger partial charge is 0.0701 e. The molecule has 4 rings (SSSR count). The second-order valence-electron chi connectivity index (χ2n) is 5.01. The van der Waals surface area contributed by atoms with Crippen molar-refractivity contribution in [2.75, 3.05) is 0 Å². The molecule has 0 saturated carbocycles. The van der Waals surface area contributed by atoms with Crippen LogP contribution in [0.25, 0.3) is 10.9 Å². The van der Waals surface area contributed by atoms with Crippen LogP contribution in [0.1, 0.15) is 24.1 Å². The molecule has 3 aromatic rings. The first-order chi connectivity index (χ1) is 9.93. The summed E-state index contributed by atoms with van der Waals surface area (Å²) < 4.78 is 0. The van der Waals surface area contributed by atoms with Crippen molar-refractivity contribution in [2.45, 2.75) is 25.7 Å². The van der Waals surface area contributed by atoms with Gasteiger partial charge in [0.05, 0.1) is 5.52 Å². The van der Waals surface area contributed by atoms with E-state index in [0.717, 1.165) is 5.52 Å². The Morgan fingerprint density at radius 1 is 0.700 bits per heavy atom. The predicted molar refractivity (Wildman–Crippen MR) is 82.6 cm³/mol. The molecule has 0 bridgehead atoms. The highest BCUT2D eigenvalue weighted by atomic mass is 14.7. The average molecular weight is 262 g/mol. The van der Waals surface area contributed by atoms with Gasteiger partial charge in [0, 0.05) is 23.5 Å². The molecule has 100 valence electrons. The number of nitrogens with zero attached hydrogens (tertiary/aromatic N) is 2. The highest BCUT2D eigenvalue weighted by Gasteiger charge is 2.07. The Morgan fingerprint density at radius 2 is 1.45 bits per heavy atom. The van der Waals surface area contributed by atoms with Gasteiger partial charge in [0.1, 0.15) is 0 Å². The van der Waals surface area contributed by atoms with Crippen LogP contribution in [-0.4, -0.2) is 9.97 Å². The number of aryl methyl sites for hydroxylation is 2. The molecule has 2 aromatic heterocycles. The van der Waals surface area contributed by atoms with Gasteiger partial charge in [-0.15, -0.1) is 0 Å². The van der Waals surface area contributed by atoms with Crippen molar-refractivity contribution >= 4 is 10.9 Å². The van der Waals surface area contributed by atoms with Gasteiger partial charge in [-0.1, -0.05) is 30.3 Å². The Bertz CT molecular complexity index is 601. The number of fused-ring (bicyclic) bond motifs is 2. The van der Waals surface area contributed by atoms with Gasteiger partial charge in [0.15, 0.2) is 0 Å². The van der Waals surface area contributed by atoms with Crippen molar-refractivity contribution in [3.63, 3.8) is 0 Å². The van der Waals surface area contributed by atoms with Gasteiger partial charge in [-0.05, 0) is 49.4 Å². The maximum atomic E-state index is 4.32. The van der Waals surface area contributed by atoms with Gasteiger partial charge < -0.3 is 0 Å². The standard InChI is InChI=1S/C9H11N.C9H7N/c2*1-2-6-9-8(4-1)5-3-7-10-9/h3,5,7H,1-2,4,6H2;1-7H. The number of benzene rings is 1. The summed E-state index contributed by atoms with van der Waals surface area (Å²) in [6.07, 6.45) is 8.80. The van der Waals surface area contributed by atoms with Gasteiger partial charge in [0.2, 0.25) is 0 Å². The first kappa shape index (κ1) is 12.8. The molecular formula is C18H18N2. The van der Waals surface area contributed by atoms with Crippen molar-refractivity contribution in [1.82, 2.24) is 9.97 Å². The minimum atomic E-state index is 1.06. The van der Waals surface area contributed by atoms with E-state index in [4.69, 9.17) is 0 Å². The lowest BCUT2D eigenvalue weighted by Crippen LogP contribution is -2.03. The summed E-state index contributed by atoms with van der Waals surface area (Å²) in [4.78, 5) is 8.50. The van der Waals surface area contributed by atoms with Crippen LogP contribution in [-0.2, 0) is 12.8 Å². The highest BCUT2D eigenvalue weighted by molar-refractivity contribution is 5.77. The zero-order valence-corrected chi connectivity index (χ0v) is 11.5. The van der Waals surface area contributed by atoms with Gasteiger partial charge in [-0.3, -0.25) is 9.97 Å². The Hall–Kier alpha value is -2.22. The van der Waals surface area contributed by atoms with E-state index in [9.17, 15) is 0 Å². The largest absolute Gasteiger partial charge is 0.261 e. The number of pyridine rings is 2. The molecule has 2 nitrogen and oxygen atoms in total. The maximum absolute atomic E-state index is 4.32. The Morgan fingerprint density at radius 3 is 2.35 bits per heavy atom. The molecule has 0 unspecified atom stereocenters. The van der Waals surface area contributed by atoms with Crippen LogP contribution in [0, 0.1) is 0 Å². The van der Waals surface area contributed by atoms with Crippen molar-refractivity contribution in [1.29, 1.82) is 0 Å². The summed E-state index contributed by atoms with van der Waals surface area (Å²) >= 11 is 0. The minimum absolute atomic E-state index is 1.06. The van der Waals surface area contributed by atoms with Gasteiger partial charge in [0.25, 0.3) is 0 Å². The monoisotopic (exact) mass is 262 g/mol. The second kappa shape index (κ2) is 6.29. The van der Waals surface area contributed by atoms with Crippen LogP contribution in [0.5, 0.6) is 0 Å². The summed E-state index contributed by atoms with van der Waals surface area (Å²) in [6, 6.07) is 16.3. The summed E-state index contributed by atoms with van der Waals surface area (Å²) in [5.41, 5.74) is 3.85. The van der Waals surface area contributed by atoms with Gasteiger partial charge in [-0.2, -0.15) is 0 Å². The van der Waals surface area contributed by atoms with Gasteiger partial charge in [-0.25, -0.2) is 0 Å². The highest BCUT2D eigenvalue weighted by Crippen LogP contribution is 2.17. The summed E-state index contributed by atoms with van der Waals surface area (Å²) in [5, 5.41) is 1.20. The Labute approximate surface area is 119 Å². The van der Waals surface area contributed by atoms with E-state index in [1.54, 1.807) is 0 Å². The molecule has 0 saturated heterocycles. The summed E-state index contributed by atoms with van der Waals surface area (Å²) in [6.45, 7) is 0. The molecule has 0 spiro atoms. The molecule has 0 N–H and O–H groups in total. The fourth-order valence-electron chi connectivity index (χ4n) is 2.55. The number of rotatable bonds is 0. The maximum Gasteiger partial charge on any atom is 0.0701 e. The van der Waals surface area contributed by atoms with Crippen molar-refractivity contribution in [2.24, 2.45) is 0 Å². The third kappa shape index (κ3) is 3.02. The molecular weight excluding hydrogens is 244 g/mol. The molecule has 0 radical (unpaired) electrons. The molecule has 1 aromatic carbocycles. The van der Waals surface area contributed by atoms with Crippen LogP contribution < -0.4 is 0 Å². The third-order valence-electron chi connectivity index (χ3n) is 3.61. The topological polar surface area (TPSA) is 25.8 Å². The minimum Gasteiger partial charge on any atom is -0.261 e. The second-order valence-corrected chi connectivity index (χ2v) is 5.01. The number of hydrogen-bond acceptors (Lipinski definition) is 2. The molecule has 1 aliphatic rings. The lowest BCUT2D eigenvalue weighted by Gasteiger charge is -2.12. The molecule has 2 heterocycles. The molecule has 20 heavy (non-hydrogen) atoms. The predicted octanol–water partition coefficient (Wildman–Crippen LogP) is 4.20. The van der Waals surface area contributed by atoms with E-state index >= 15 is 0 Å². The zero-order chi connectivity index (χ0) is 13.6. The number of aromatic nitrogens is 2. The first-order valence-corrected chi connectivity index (χ1v) is 7.16. The molecule has 0 aliphatic heterocycles. The van der Waals surface area contributed by atoms with E-state index in [-0.39, 0.29) is 0 Å². The number of hydrogen-bond donors (Lipinski definition) is 0. The lowest BCUT2D eigenvalue weighted by molar-refractivity contribution is 0.668. The van der Waals surface area contributed by atoms with Gasteiger partial charge >= 0.3 is 0 Å². The van der Waals surface area contributed by atoms with Crippen molar-refractivity contribution in [3.05, 3.63) is 72.2 Å². The molecule has 0 amide bonds. The number of para-hydroxylation sites is 1. The van der Waals surface area contributed by atoms with E-state index in [1.165, 1.54) is 42.3 Å². The zero-order valence-electron chi connectivity index (χ0n) is 11.5.